The second-order valence-corrected chi connectivity index (χ2v) is 5.58. The second-order valence-electron chi connectivity index (χ2n) is 5.58. The van der Waals surface area contributed by atoms with E-state index in [0.29, 0.717) is 11.6 Å². The molecule has 0 radical (unpaired) electrons. The summed E-state index contributed by atoms with van der Waals surface area (Å²) in [7, 11) is 2.00. The van der Waals surface area contributed by atoms with Crippen molar-refractivity contribution in [1.29, 1.82) is 0 Å². The van der Waals surface area contributed by atoms with Gasteiger partial charge in [-0.25, -0.2) is 0 Å². The predicted octanol–water partition coefficient (Wildman–Crippen LogP) is 3.84. The summed E-state index contributed by atoms with van der Waals surface area (Å²) in [6, 6.07) is 10.1. The van der Waals surface area contributed by atoms with Gasteiger partial charge in [0.05, 0.1) is 11.8 Å². The summed E-state index contributed by atoms with van der Waals surface area (Å²) in [5, 5.41) is 0. The molecule has 0 bridgehead atoms. The maximum absolute atomic E-state index is 5.92. The van der Waals surface area contributed by atoms with Crippen molar-refractivity contribution in [3.8, 4) is 5.88 Å². The molecular weight excluding hydrogens is 262 g/mol. The second kappa shape index (κ2) is 6.04. The zero-order chi connectivity index (χ0) is 15.6. The highest BCUT2D eigenvalue weighted by Crippen LogP contribution is 2.29. The first-order valence-electron chi connectivity index (χ1n) is 7.12. The normalized spacial score (nSPS) is 10.8. The van der Waals surface area contributed by atoms with Gasteiger partial charge in [-0.05, 0) is 51.5 Å². The minimum absolute atomic E-state index is 0.0430. The maximum Gasteiger partial charge on any atom is 0.239 e. The van der Waals surface area contributed by atoms with E-state index in [9.17, 15) is 0 Å². The summed E-state index contributed by atoms with van der Waals surface area (Å²) < 4.78 is 5.66. The quantitative estimate of drug-likeness (QED) is 0.927. The van der Waals surface area contributed by atoms with Crippen molar-refractivity contribution >= 4 is 17.2 Å². The smallest absolute Gasteiger partial charge is 0.239 e. The first kappa shape index (κ1) is 15.2. The lowest BCUT2D eigenvalue weighted by Crippen LogP contribution is -2.15. The van der Waals surface area contributed by atoms with E-state index in [1.807, 2.05) is 37.9 Å². The van der Waals surface area contributed by atoms with Crippen molar-refractivity contribution in [1.82, 2.24) is 4.98 Å². The molecule has 2 N–H and O–H groups in total. The van der Waals surface area contributed by atoms with Gasteiger partial charge < -0.3 is 15.4 Å². The van der Waals surface area contributed by atoms with Gasteiger partial charge in [0.15, 0.2) is 0 Å². The number of benzene rings is 1. The monoisotopic (exact) mass is 285 g/mol. The molecule has 4 heteroatoms. The Labute approximate surface area is 126 Å². The predicted molar refractivity (Wildman–Crippen MR) is 88.4 cm³/mol. The van der Waals surface area contributed by atoms with E-state index in [2.05, 4.69) is 37.0 Å². The third kappa shape index (κ3) is 3.45. The largest absolute Gasteiger partial charge is 0.473 e. The fraction of sp³-hybridized carbons (Fsp3) is 0.353. The van der Waals surface area contributed by atoms with Gasteiger partial charge in [-0.3, -0.25) is 0 Å². The highest BCUT2D eigenvalue weighted by molar-refractivity contribution is 5.65. The van der Waals surface area contributed by atoms with Crippen LogP contribution >= 0.6 is 0 Å². The maximum atomic E-state index is 5.92. The van der Waals surface area contributed by atoms with Crippen LogP contribution < -0.4 is 15.4 Å². The average molecular weight is 285 g/mol. The highest BCUT2D eigenvalue weighted by Gasteiger charge is 2.12. The van der Waals surface area contributed by atoms with Crippen molar-refractivity contribution in [2.75, 3.05) is 17.7 Å². The summed E-state index contributed by atoms with van der Waals surface area (Å²) in [4.78, 5) is 6.57. The van der Waals surface area contributed by atoms with Gasteiger partial charge >= 0.3 is 0 Å². The lowest BCUT2D eigenvalue weighted by molar-refractivity contribution is 0.234. The van der Waals surface area contributed by atoms with Crippen molar-refractivity contribution in [2.45, 2.75) is 33.8 Å². The SMILES string of the molecule is Cc1ccc(N(C)c2ccc(N)c(OC(C)C)n2)c(C)c1. The number of ether oxygens (including phenoxy) is 1. The fourth-order valence-corrected chi connectivity index (χ4v) is 2.25. The number of rotatable bonds is 4. The van der Waals surface area contributed by atoms with Gasteiger partial charge in [0.2, 0.25) is 5.88 Å². The number of aromatic nitrogens is 1. The van der Waals surface area contributed by atoms with Gasteiger partial charge in [0, 0.05) is 12.7 Å². The number of aryl methyl sites for hydroxylation is 2. The molecule has 21 heavy (non-hydrogen) atoms. The molecule has 0 amide bonds. The lowest BCUT2D eigenvalue weighted by Gasteiger charge is -2.22. The van der Waals surface area contributed by atoms with Crippen molar-refractivity contribution in [3.63, 3.8) is 0 Å². The Balaban J connectivity index is 2.36. The first-order valence-corrected chi connectivity index (χ1v) is 7.12. The Hall–Kier alpha value is -2.23. The summed E-state index contributed by atoms with van der Waals surface area (Å²) in [6.45, 7) is 8.11. The summed E-state index contributed by atoms with van der Waals surface area (Å²) in [5.41, 5.74) is 10.1. The molecule has 4 nitrogen and oxygen atoms in total. The third-order valence-electron chi connectivity index (χ3n) is 3.28. The van der Waals surface area contributed by atoms with Gasteiger partial charge in [-0.2, -0.15) is 4.98 Å². The summed E-state index contributed by atoms with van der Waals surface area (Å²) >= 11 is 0. The molecule has 1 heterocycles. The molecule has 2 aromatic rings. The molecule has 0 aliphatic rings. The Kier molecular flexibility index (Phi) is 4.36. The van der Waals surface area contributed by atoms with E-state index < -0.39 is 0 Å². The van der Waals surface area contributed by atoms with Crippen LogP contribution in [0.5, 0.6) is 5.88 Å². The zero-order valence-electron chi connectivity index (χ0n) is 13.3. The third-order valence-corrected chi connectivity index (χ3v) is 3.28. The number of anilines is 3. The van der Waals surface area contributed by atoms with Gasteiger partial charge in [-0.15, -0.1) is 0 Å². The minimum atomic E-state index is 0.0430. The molecule has 0 aliphatic heterocycles. The number of pyridine rings is 1. The Morgan fingerprint density at radius 3 is 2.48 bits per heavy atom. The van der Waals surface area contributed by atoms with E-state index in [0.717, 1.165) is 11.5 Å². The molecule has 1 aromatic heterocycles. The van der Waals surface area contributed by atoms with Crippen LogP contribution in [0.2, 0.25) is 0 Å². The molecule has 0 saturated heterocycles. The van der Waals surface area contributed by atoms with E-state index in [-0.39, 0.29) is 6.10 Å². The molecule has 0 spiro atoms. The average Bonchev–Trinajstić information content (AvgIpc) is 2.40. The fourth-order valence-electron chi connectivity index (χ4n) is 2.25. The highest BCUT2D eigenvalue weighted by atomic mass is 16.5. The van der Waals surface area contributed by atoms with Crippen LogP contribution in [0.1, 0.15) is 25.0 Å². The molecule has 0 saturated carbocycles. The Morgan fingerprint density at radius 2 is 1.86 bits per heavy atom. The molecule has 0 aliphatic carbocycles. The molecule has 112 valence electrons. The van der Waals surface area contributed by atoms with Crippen LogP contribution in [0, 0.1) is 13.8 Å². The number of nitrogens with zero attached hydrogens (tertiary/aromatic N) is 2. The van der Waals surface area contributed by atoms with E-state index >= 15 is 0 Å². The number of nitrogens with two attached hydrogens (primary N) is 1. The van der Waals surface area contributed by atoms with Crippen LogP contribution in [0.4, 0.5) is 17.2 Å². The van der Waals surface area contributed by atoms with Crippen molar-refractivity contribution < 1.29 is 4.74 Å². The zero-order valence-corrected chi connectivity index (χ0v) is 13.3. The van der Waals surface area contributed by atoms with E-state index in [4.69, 9.17) is 10.5 Å². The summed E-state index contributed by atoms with van der Waals surface area (Å²) in [6.07, 6.45) is 0.0430. The van der Waals surface area contributed by atoms with E-state index in [1.54, 1.807) is 0 Å². The van der Waals surface area contributed by atoms with Gasteiger partial charge in [0.25, 0.3) is 0 Å². The van der Waals surface area contributed by atoms with Crippen LogP contribution in [0.3, 0.4) is 0 Å². The van der Waals surface area contributed by atoms with Crippen LogP contribution in [-0.4, -0.2) is 18.1 Å². The molecule has 0 atom stereocenters. The van der Waals surface area contributed by atoms with Crippen molar-refractivity contribution in [2.24, 2.45) is 0 Å². The van der Waals surface area contributed by atoms with Crippen molar-refractivity contribution in [3.05, 3.63) is 41.5 Å². The standard InChI is InChI=1S/C17H23N3O/c1-11(2)21-17-14(18)7-9-16(19-17)20(5)15-8-6-12(3)10-13(15)4/h6-11H,18H2,1-5H3. The van der Waals surface area contributed by atoms with Gasteiger partial charge in [-0.1, -0.05) is 17.7 Å². The molecule has 0 unspecified atom stereocenters. The first-order chi connectivity index (χ1) is 9.88. The lowest BCUT2D eigenvalue weighted by atomic mass is 10.1. The summed E-state index contributed by atoms with van der Waals surface area (Å²) in [5.74, 6) is 1.30. The van der Waals surface area contributed by atoms with Crippen LogP contribution in [0.25, 0.3) is 0 Å². The number of hydrogen-bond donors (Lipinski definition) is 1. The molecule has 2 rings (SSSR count). The van der Waals surface area contributed by atoms with Gasteiger partial charge in [0.1, 0.15) is 5.82 Å². The number of nitrogen functional groups attached to an aromatic ring is 1. The number of hydrogen-bond acceptors (Lipinski definition) is 4. The topological polar surface area (TPSA) is 51.4 Å². The Morgan fingerprint density at radius 1 is 1.14 bits per heavy atom. The molecule has 0 fully saturated rings. The minimum Gasteiger partial charge on any atom is -0.473 e. The van der Waals surface area contributed by atoms with Crippen LogP contribution in [0.15, 0.2) is 30.3 Å². The molecule has 1 aromatic carbocycles. The van der Waals surface area contributed by atoms with Crippen LogP contribution in [-0.2, 0) is 0 Å². The molecular formula is C17H23N3O. The van der Waals surface area contributed by atoms with E-state index in [1.165, 1.54) is 11.1 Å². The Bertz CT molecular complexity index is 638.